The van der Waals surface area contributed by atoms with Gasteiger partial charge in [0.05, 0.1) is 27.7 Å². The number of ether oxygens (including phenoxy) is 1. The van der Waals surface area contributed by atoms with Crippen LogP contribution in [0.4, 0.5) is 0 Å². The van der Waals surface area contributed by atoms with Crippen LogP contribution in [0.25, 0.3) is 10.2 Å². The highest BCUT2D eigenvalue weighted by Gasteiger charge is 2.49. The van der Waals surface area contributed by atoms with Gasteiger partial charge in [-0.2, -0.15) is 0 Å². The first-order chi connectivity index (χ1) is 12.6. The molecule has 1 aromatic heterocycles. The largest absolute Gasteiger partial charge is 0.383 e. The van der Waals surface area contributed by atoms with Crippen LogP contribution in [-0.4, -0.2) is 66.5 Å². The Kier molecular flexibility index (Phi) is 4.67. The fourth-order valence-electron chi connectivity index (χ4n) is 4.16. The first-order valence-electron chi connectivity index (χ1n) is 9.04. The molecule has 6 nitrogen and oxygen atoms in total. The summed E-state index contributed by atoms with van der Waals surface area (Å²) in [5.74, 6) is 0.202. The summed E-state index contributed by atoms with van der Waals surface area (Å²) in [4.78, 5) is 34.0. The number of piperidine rings is 1. The number of aromatic nitrogens is 1. The summed E-state index contributed by atoms with van der Waals surface area (Å²) >= 11 is 1.54. The van der Waals surface area contributed by atoms with Gasteiger partial charge in [0.1, 0.15) is 0 Å². The van der Waals surface area contributed by atoms with Gasteiger partial charge in [-0.3, -0.25) is 9.59 Å². The van der Waals surface area contributed by atoms with Crippen molar-refractivity contribution < 1.29 is 14.3 Å². The zero-order valence-electron chi connectivity index (χ0n) is 14.9. The monoisotopic (exact) mass is 373 g/mol. The predicted octanol–water partition coefficient (Wildman–Crippen LogP) is 2.40. The number of rotatable bonds is 4. The summed E-state index contributed by atoms with van der Waals surface area (Å²) in [6.07, 6.45) is 2.61. The normalized spacial score (nSPS) is 23.3. The molecule has 0 saturated carbocycles. The smallest absolute Gasteiger partial charge is 0.253 e. The fourth-order valence-corrected chi connectivity index (χ4v) is 4.88. The van der Waals surface area contributed by atoms with E-state index < -0.39 is 5.41 Å². The summed E-state index contributed by atoms with van der Waals surface area (Å²) in [5.41, 5.74) is 2.98. The van der Waals surface area contributed by atoms with Gasteiger partial charge in [-0.15, -0.1) is 11.3 Å². The van der Waals surface area contributed by atoms with E-state index in [1.54, 1.807) is 12.6 Å². The molecule has 2 amide bonds. The number of hydrogen-bond acceptors (Lipinski definition) is 5. The average Bonchev–Trinajstić information content (AvgIpc) is 3.29. The Balaban J connectivity index is 1.50. The molecule has 4 rings (SSSR count). The van der Waals surface area contributed by atoms with Crippen molar-refractivity contribution in [2.45, 2.75) is 19.3 Å². The zero-order valence-corrected chi connectivity index (χ0v) is 15.8. The molecule has 138 valence electrons. The molecule has 1 unspecified atom stereocenters. The lowest BCUT2D eigenvalue weighted by Crippen LogP contribution is -2.51. The van der Waals surface area contributed by atoms with Gasteiger partial charge in [-0.25, -0.2) is 4.98 Å². The van der Waals surface area contributed by atoms with Crippen LogP contribution in [0.1, 0.15) is 29.6 Å². The van der Waals surface area contributed by atoms with Crippen molar-refractivity contribution in [3.63, 3.8) is 0 Å². The van der Waals surface area contributed by atoms with Gasteiger partial charge in [0.15, 0.2) is 0 Å². The second kappa shape index (κ2) is 6.96. The lowest BCUT2D eigenvalue weighted by atomic mass is 9.78. The highest BCUT2D eigenvalue weighted by atomic mass is 32.1. The molecule has 7 heteroatoms. The molecule has 2 aromatic rings. The molecule has 1 aromatic carbocycles. The molecule has 1 atom stereocenters. The van der Waals surface area contributed by atoms with Gasteiger partial charge in [-0.1, -0.05) is 0 Å². The minimum Gasteiger partial charge on any atom is -0.383 e. The van der Waals surface area contributed by atoms with Crippen molar-refractivity contribution in [2.75, 3.05) is 39.9 Å². The van der Waals surface area contributed by atoms with E-state index in [0.29, 0.717) is 31.8 Å². The first kappa shape index (κ1) is 17.4. The molecule has 0 N–H and O–H groups in total. The molecule has 2 aliphatic heterocycles. The van der Waals surface area contributed by atoms with Gasteiger partial charge in [-0.05, 0) is 37.5 Å². The number of hydrogen-bond donors (Lipinski definition) is 0. The minimum atomic E-state index is -0.407. The summed E-state index contributed by atoms with van der Waals surface area (Å²) in [6.45, 7) is 3.14. The topological polar surface area (TPSA) is 62.7 Å². The van der Waals surface area contributed by atoms with Gasteiger partial charge in [0.25, 0.3) is 5.91 Å². The van der Waals surface area contributed by atoms with E-state index in [9.17, 15) is 9.59 Å². The van der Waals surface area contributed by atoms with Crippen LogP contribution >= 0.6 is 11.3 Å². The molecule has 2 aliphatic rings. The number of benzene rings is 1. The van der Waals surface area contributed by atoms with Crippen LogP contribution in [-0.2, 0) is 9.53 Å². The fraction of sp³-hybridized carbons (Fsp3) is 0.526. The third kappa shape index (κ3) is 2.99. The number of methoxy groups -OCH3 is 1. The highest BCUT2D eigenvalue weighted by molar-refractivity contribution is 7.16. The van der Waals surface area contributed by atoms with Crippen molar-refractivity contribution in [2.24, 2.45) is 5.41 Å². The number of thiazole rings is 1. The molecule has 2 fully saturated rings. The Morgan fingerprint density at radius 2 is 2.23 bits per heavy atom. The maximum absolute atomic E-state index is 13.0. The summed E-state index contributed by atoms with van der Waals surface area (Å²) in [7, 11) is 1.65. The molecule has 2 saturated heterocycles. The number of fused-ring (bicyclic) bond motifs is 1. The maximum atomic E-state index is 13.0. The second-order valence-corrected chi connectivity index (χ2v) is 8.07. The number of likely N-dealkylation sites (tertiary alicyclic amines) is 2. The Morgan fingerprint density at radius 1 is 1.35 bits per heavy atom. The summed E-state index contributed by atoms with van der Waals surface area (Å²) < 4.78 is 6.14. The number of amides is 2. The molecule has 1 spiro atoms. The van der Waals surface area contributed by atoms with Crippen molar-refractivity contribution in [3.05, 3.63) is 29.3 Å². The van der Waals surface area contributed by atoms with E-state index in [2.05, 4.69) is 4.98 Å². The molecular formula is C19H23N3O3S. The zero-order chi connectivity index (χ0) is 18.1. The molecule has 0 radical (unpaired) electrons. The number of carbonyl (C=O) groups is 2. The van der Waals surface area contributed by atoms with Crippen LogP contribution < -0.4 is 0 Å². The number of nitrogens with zero attached hydrogens (tertiary/aromatic N) is 3. The van der Waals surface area contributed by atoms with E-state index >= 15 is 0 Å². The SMILES string of the molecule is COCCN1CCCC2(CCN(C(=O)c3ccc4ncsc4c3)C2)C1=O. The lowest BCUT2D eigenvalue weighted by Gasteiger charge is -2.39. The van der Waals surface area contributed by atoms with Gasteiger partial charge < -0.3 is 14.5 Å². The van der Waals surface area contributed by atoms with Crippen LogP contribution in [0.3, 0.4) is 0 Å². The molecule has 3 heterocycles. The van der Waals surface area contributed by atoms with Crippen LogP contribution in [0, 0.1) is 5.41 Å². The predicted molar refractivity (Wildman–Crippen MR) is 100 cm³/mol. The lowest BCUT2D eigenvalue weighted by molar-refractivity contribution is -0.146. The Labute approximate surface area is 156 Å². The number of carbonyl (C=O) groups excluding carboxylic acids is 2. The van der Waals surface area contributed by atoms with Gasteiger partial charge in [0.2, 0.25) is 5.91 Å². The van der Waals surface area contributed by atoms with E-state index in [1.807, 2.05) is 28.0 Å². The van der Waals surface area contributed by atoms with E-state index in [-0.39, 0.29) is 11.8 Å². The van der Waals surface area contributed by atoms with Crippen molar-refractivity contribution >= 4 is 33.4 Å². The summed E-state index contributed by atoms with van der Waals surface area (Å²) in [5, 5.41) is 0. The quantitative estimate of drug-likeness (QED) is 0.826. The van der Waals surface area contributed by atoms with Crippen LogP contribution in [0.15, 0.2) is 23.7 Å². The van der Waals surface area contributed by atoms with Gasteiger partial charge in [0, 0.05) is 38.9 Å². The van der Waals surface area contributed by atoms with E-state index in [1.165, 1.54) is 11.3 Å². The van der Waals surface area contributed by atoms with E-state index in [4.69, 9.17) is 4.74 Å². The Morgan fingerprint density at radius 3 is 3.08 bits per heavy atom. The standard InChI is InChI=1S/C19H23N3O3S/c1-25-10-9-21-7-2-5-19(18(21)24)6-8-22(12-19)17(23)14-3-4-15-16(11-14)26-13-20-15/h3-4,11,13H,2,5-10,12H2,1H3. The Hall–Kier alpha value is -1.99. The average molecular weight is 373 g/mol. The van der Waals surface area contributed by atoms with Crippen molar-refractivity contribution in [3.8, 4) is 0 Å². The highest BCUT2D eigenvalue weighted by Crippen LogP contribution is 2.40. The van der Waals surface area contributed by atoms with Crippen molar-refractivity contribution in [1.82, 2.24) is 14.8 Å². The maximum Gasteiger partial charge on any atom is 0.253 e. The Bertz CT molecular complexity index is 836. The molecule has 0 bridgehead atoms. The molecule has 0 aliphatic carbocycles. The molecular weight excluding hydrogens is 350 g/mol. The van der Waals surface area contributed by atoms with Crippen molar-refractivity contribution in [1.29, 1.82) is 0 Å². The van der Waals surface area contributed by atoms with Crippen LogP contribution in [0.5, 0.6) is 0 Å². The summed E-state index contributed by atoms with van der Waals surface area (Å²) in [6, 6.07) is 5.64. The minimum absolute atomic E-state index is 0.0130. The third-order valence-electron chi connectivity index (χ3n) is 5.61. The van der Waals surface area contributed by atoms with Gasteiger partial charge >= 0.3 is 0 Å². The van der Waals surface area contributed by atoms with E-state index in [0.717, 1.165) is 36.0 Å². The second-order valence-electron chi connectivity index (χ2n) is 7.18. The molecule has 26 heavy (non-hydrogen) atoms. The third-order valence-corrected chi connectivity index (χ3v) is 6.40. The van der Waals surface area contributed by atoms with Crippen LogP contribution in [0.2, 0.25) is 0 Å². The first-order valence-corrected chi connectivity index (χ1v) is 9.92.